The summed E-state index contributed by atoms with van der Waals surface area (Å²) in [5.41, 5.74) is 5.94. The standard InChI is InChI=1S/C23H29N/c1-5-23(15-18(23)3)22-14-10-9-13-21(22)19(4)24-16-17(2)20-11-7-6-8-12-20/h6-14,16,18-19,24H,5,15H2,1-4H3/b17-16+. The van der Waals surface area contributed by atoms with Crippen molar-refractivity contribution in [2.24, 2.45) is 5.92 Å². The number of hydrogen-bond donors (Lipinski definition) is 1. The van der Waals surface area contributed by atoms with Crippen molar-refractivity contribution in [1.82, 2.24) is 5.32 Å². The lowest BCUT2D eigenvalue weighted by Gasteiger charge is -2.23. The number of hydrogen-bond acceptors (Lipinski definition) is 1. The summed E-state index contributed by atoms with van der Waals surface area (Å²) in [4.78, 5) is 0. The second-order valence-corrected chi connectivity index (χ2v) is 7.28. The molecule has 0 amide bonds. The van der Waals surface area contributed by atoms with Crippen LogP contribution in [0.5, 0.6) is 0 Å². The Morgan fingerprint density at radius 2 is 1.79 bits per heavy atom. The molecule has 1 heteroatoms. The van der Waals surface area contributed by atoms with Gasteiger partial charge in [0.15, 0.2) is 0 Å². The summed E-state index contributed by atoms with van der Waals surface area (Å²) in [6.07, 6.45) is 4.72. The van der Waals surface area contributed by atoms with Crippen molar-refractivity contribution in [2.75, 3.05) is 0 Å². The van der Waals surface area contributed by atoms with Gasteiger partial charge in [-0.1, -0.05) is 68.4 Å². The fraction of sp³-hybridized carbons (Fsp3) is 0.391. The first kappa shape index (κ1) is 16.8. The van der Waals surface area contributed by atoms with Gasteiger partial charge in [-0.15, -0.1) is 0 Å². The Balaban J connectivity index is 1.80. The molecule has 1 N–H and O–H groups in total. The van der Waals surface area contributed by atoms with Crippen molar-refractivity contribution in [3.05, 3.63) is 77.5 Å². The molecular formula is C23H29N. The van der Waals surface area contributed by atoms with E-state index < -0.39 is 0 Å². The van der Waals surface area contributed by atoms with Gasteiger partial charge in [0, 0.05) is 12.2 Å². The Morgan fingerprint density at radius 1 is 1.17 bits per heavy atom. The van der Waals surface area contributed by atoms with Crippen molar-refractivity contribution >= 4 is 5.57 Å². The van der Waals surface area contributed by atoms with Gasteiger partial charge >= 0.3 is 0 Å². The van der Waals surface area contributed by atoms with Crippen molar-refractivity contribution in [2.45, 2.75) is 52.0 Å². The van der Waals surface area contributed by atoms with Gasteiger partial charge in [-0.2, -0.15) is 0 Å². The molecule has 3 rings (SSSR count). The van der Waals surface area contributed by atoms with E-state index in [2.05, 4.69) is 93.8 Å². The summed E-state index contributed by atoms with van der Waals surface area (Å²) in [6, 6.07) is 19.9. The maximum Gasteiger partial charge on any atom is 0.0483 e. The number of benzene rings is 2. The van der Waals surface area contributed by atoms with E-state index in [0.717, 1.165) is 5.92 Å². The van der Waals surface area contributed by atoms with Gasteiger partial charge < -0.3 is 5.32 Å². The lowest BCUT2D eigenvalue weighted by molar-refractivity contribution is 0.581. The largest absolute Gasteiger partial charge is 0.384 e. The highest BCUT2D eigenvalue weighted by Gasteiger charge is 2.51. The predicted molar refractivity (Wildman–Crippen MR) is 104 cm³/mol. The van der Waals surface area contributed by atoms with E-state index in [1.165, 1.54) is 29.5 Å². The third-order valence-corrected chi connectivity index (χ3v) is 5.83. The second-order valence-electron chi connectivity index (χ2n) is 7.28. The van der Waals surface area contributed by atoms with Crippen LogP contribution < -0.4 is 5.32 Å². The Morgan fingerprint density at radius 3 is 2.42 bits per heavy atom. The predicted octanol–water partition coefficient (Wildman–Crippen LogP) is 6.09. The van der Waals surface area contributed by atoms with Crippen molar-refractivity contribution in [1.29, 1.82) is 0 Å². The molecule has 0 saturated heterocycles. The van der Waals surface area contributed by atoms with Gasteiger partial charge in [-0.25, -0.2) is 0 Å². The Labute approximate surface area is 146 Å². The van der Waals surface area contributed by atoms with E-state index in [4.69, 9.17) is 0 Å². The van der Waals surface area contributed by atoms with E-state index in [0.29, 0.717) is 11.5 Å². The molecule has 0 bridgehead atoms. The topological polar surface area (TPSA) is 12.0 Å². The first-order chi connectivity index (χ1) is 11.6. The van der Waals surface area contributed by atoms with Crippen molar-refractivity contribution < 1.29 is 0 Å². The molecular weight excluding hydrogens is 290 g/mol. The van der Waals surface area contributed by atoms with Crippen LogP contribution in [0.4, 0.5) is 0 Å². The molecule has 3 unspecified atom stereocenters. The van der Waals surface area contributed by atoms with E-state index in [1.54, 1.807) is 5.56 Å². The zero-order valence-corrected chi connectivity index (χ0v) is 15.3. The first-order valence-electron chi connectivity index (χ1n) is 9.16. The smallest absolute Gasteiger partial charge is 0.0483 e. The Kier molecular flexibility index (Phi) is 4.80. The molecule has 1 saturated carbocycles. The molecule has 0 heterocycles. The van der Waals surface area contributed by atoms with E-state index >= 15 is 0 Å². The van der Waals surface area contributed by atoms with Gasteiger partial charge in [-0.05, 0) is 60.3 Å². The van der Waals surface area contributed by atoms with E-state index in [9.17, 15) is 0 Å². The van der Waals surface area contributed by atoms with Crippen LogP contribution in [0.2, 0.25) is 0 Å². The van der Waals surface area contributed by atoms with Crippen LogP contribution in [0.1, 0.15) is 63.3 Å². The molecule has 1 nitrogen and oxygen atoms in total. The highest BCUT2D eigenvalue weighted by molar-refractivity contribution is 5.63. The molecule has 3 atom stereocenters. The van der Waals surface area contributed by atoms with Crippen LogP contribution in [-0.2, 0) is 5.41 Å². The third-order valence-electron chi connectivity index (χ3n) is 5.83. The average Bonchev–Trinajstić information content (AvgIpc) is 3.31. The lowest BCUT2D eigenvalue weighted by Crippen LogP contribution is -2.18. The third kappa shape index (κ3) is 3.13. The quantitative estimate of drug-likeness (QED) is 0.679. The first-order valence-corrected chi connectivity index (χ1v) is 9.16. The molecule has 1 aliphatic rings. The molecule has 0 aliphatic heterocycles. The maximum atomic E-state index is 3.61. The summed E-state index contributed by atoms with van der Waals surface area (Å²) in [5.74, 6) is 0.803. The van der Waals surface area contributed by atoms with Gasteiger partial charge in [0.25, 0.3) is 0 Å². The van der Waals surface area contributed by atoms with Crippen LogP contribution in [0.3, 0.4) is 0 Å². The second kappa shape index (κ2) is 6.84. The van der Waals surface area contributed by atoms with Gasteiger partial charge in [-0.3, -0.25) is 0 Å². The summed E-state index contributed by atoms with van der Waals surface area (Å²) in [7, 11) is 0. The highest BCUT2D eigenvalue weighted by atomic mass is 14.9. The maximum absolute atomic E-state index is 3.61. The molecule has 1 aliphatic carbocycles. The highest BCUT2D eigenvalue weighted by Crippen LogP contribution is 2.57. The van der Waals surface area contributed by atoms with Gasteiger partial charge in [0.2, 0.25) is 0 Å². The normalized spacial score (nSPS) is 24.5. The van der Waals surface area contributed by atoms with E-state index in [-0.39, 0.29) is 0 Å². The van der Waals surface area contributed by atoms with Crippen molar-refractivity contribution in [3.63, 3.8) is 0 Å². The molecule has 2 aromatic rings. The average molecular weight is 319 g/mol. The zero-order valence-electron chi connectivity index (χ0n) is 15.3. The SMILES string of the molecule is CCC1(c2ccccc2C(C)N/C=C(\C)c2ccccc2)CC1C. The Hall–Kier alpha value is -2.02. The molecule has 0 spiro atoms. The molecule has 24 heavy (non-hydrogen) atoms. The monoisotopic (exact) mass is 319 g/mol. The van der Waals surface area contributed by atoms with Crippen molar-refractivity contribution in [3.8, 4) is 0 Å². The fourth-order valence-electron chi connectivity index (χ4n) is 4.00. The van der Waals surface area contributed by atoms with Crippen LogP contribution in [0.15, 0.2) is 60.8 Å². The minimum atomic E-state index is 0.316. The van der Waals surface area contributed by atoms with Crippen LogP contribution in [0.25, 0.3) is 5.57 Å². The molecule has 2 aromatic carbocycles. The molecule has 0 aromatic heterocycles. The molecule has 126 valence electrons. The van der Waals surface area contributed by atoms with Crippen LogP contribution in [0, 0.1) is 5.92 Å². The summed E-state index contributed by atoms with van der Waals surface area (Å²) in [6.45, 7) is 9.15. The van der Waals surface area contributed by atoms with Crippen LogP contribution in [-0.4, -0.2) is 0 Å². The molecule has 0 radical (unpaired) electrons. The van der Waals surface area contributed by atoms with Crippen LogP contribution >= 0.6 is 0 Å². The van der Waals surface area contributed by atoms with Gasteiger partial charge in [0.05, 0.1) is 0 Å². The zero-order chi connectivity index (χ0) is 17.2. The summed E-state index contributed by atoms with van der Waals surface area (Å²) >= 11 is 0. The summed E-state index contributed by atoms with van der Waals surface area (Å²) in [5, 5.41) is 3.61. The minimum Gasteiger partial charge on any atom is -0.384 e. The summed E-state index contributed by atoms with van der Waals surface area (Å²) < 4.78 is 0. The fourth-order valence-corrected chi connectivity index (χ4v) is 4.00. The number of allylic oxidation sites excluding steroid dienone is 1. The van der Waals surface area contributed by atoms with Gasteiger partial charge in [0.1, 0.15) is 0 Å². The molecule has 1 fully saturated rings. The Bertz CT molecular complexity index is 712. The van der Waals surface area contributed by atoms with E-state index in [1.807, 2.05) is 0 Å². The lowest BCUT2D eigenvalue weighted by atomic mass is 9.85. The minimum absolute atomic E-state index is 0.316. The number of nitrogens with one attached hydrogen (secondary N) is 1. The number of rotatable bonds is 6.